The fraction of sp³-hybridized carbons (Fsp3) is 0.545. The number of oxime groups is 1. The summed E-state index contributed by atoms with van der Waals surface area (Å²) in [5.74, 6) is -1.01. The van der Waals surface area contributed by atoms with Crippen LogP contribution in [-0.4, -0.2) is 36.4 Å². The molecule has 0 spiro atoms. The molecule has 1 aromatic heterocycles. The minimum atomic E-state index is -4.15. The van der Waals surface area contributed by atoms with E-state index >= 15 is 0 Å². The molecule has 2 aromatic rings. The van der Waals surface area contributed by atoms with Crippen molar-refractivity contribution in [2.45, 2.75) is 47.0 Å². The number of rotatable bonds is 6. The zero-order chi connectivity index (χ0) is 22.6. The van der Waals surface area contributed by atoms with Gasteiger partial charge >= 0.3 is 10.1 Å². The van der Waals surface area contributed by atoms with Gasteiger partial charge < -0.3 is 4.42 Å². The molecule has 31 heavy (non-hydrogen) atoms. The van der Waals surface area contributed by atoms with Gasteiger partial charge in [-0.15, -0.1) is 0 Å². The lowest BCUT2D eigenvalue weighted by molar-refractivity contribution is -0.122. The standard InChI is InChI=1S/C22H26N2O6S/c1-21(2,3)19(26)18(20-23-15-7-5-6-8-17(15)29-20)24-30-31(27,28)12-22(4)13-9-10-14(22)16(25)11-13/h5-8,13-14H,9-12H2,1-4H3/b24-18+. The second kappa shape index (κ2) is 7.25. The van der Waals surface area contributed by atoms with Crippen LogP contribution in [0.3, 0.4) is 0 Å². The van der Waals surface area contributed by atoms with Gasteiger partial charge in [-0.2, -0.15) is 8.42 Å². The van der Waals surface area contributed by atoms with Crippen molar-refractivity contribution in [2.24, 2.45) is 27.8 Å². The third-order valence-corrected chi connectivity index (χ3v) is 7.77. The molecule has 8 nitrogen and oxygen atoms in total. The highest BCUT2D eigenvalue weighted by atomic mass is 32.2. The number of aromatic nitrogens is 1. The smallest absolute Gasteiger partial charge is 0.329 e. The van der Waals surface area contributed by atoms with Crippen molar-refractivity contribution in [1.29, 1.82) is 0 Å². The Morgan fingerprint density at radius 1 is 1.29 bits per heavy atom. The number of oxazole rings is 1. The van der Waals surface area contributed by atoms with Crippen molar-refractivity contribution in [3.63, 3.8) is 0 Å². The Hall–Kier alpha value is -2.55. The third-order valence-electron chi connectivity index (χ3n) is 6.49. The van der Waals surface area contributed by atoms with Crippen molar-refractivity contribution in [3.05, 3.63) is 30.2 Å². The second-order valence-corrected chi connectivity index (χ2v) is 11.3. The Morgan fingerprint density at radius 2 is 2.00 bits per heavy atom. The number of benzene rings is 1. The summed E-state index contributed by atoms with van der Waals surface area (Å²) >= 11 is 0. The molecule has 2 aliphatic carbocycles. The molecule has 9 heteroatoms. The number of carbonyl (C=O) groups is 2. The van der Waals surface area contributed by atoms with E-state index in [-0.39, 0.29) is 35.0 Å². The highest BCUT2D eigenvalue weighted by molar-refractivity contribution is 7.86. The summed E-state index contributed by atoms with van der Waals surface area (Å²) in [5.41, 5.74) is -0.859. The molecule has 3 unspecified atom stereocenters. The normalized spacial score (nSPS) is 26.6. The van der Waals surface area contributed by atoms with E-state index in [0.29, 0.717) is 23.9 Å². The molecule has 1 aromatic carbocycles. The van der Waals surface area contributed by atoms with E-state index in [0.717, 1.165) is 6.42 Å². The van der Waals surface area contributed by atoms with Crippen molar-refractivity contribution in [1.82, 2.24) is 4.98 Å². The topological polar surface area (TPSA) is 116 Å². The molecule has 0 aliphatic heterocycles. The van der Waals surface area contributed by atoms with Crippen LogP contribution in [-0.2, 0) is 24.0 Å². The number of nitrogens with zero attached hydrogens (tertiary/aromatic N) is 2. The van der Waals surface area contributed by atoms with Crippen LogP contribution in [0.4, 0.5) is 0 Å². The fourth-order valence-corrected chi connectivity index (χ4v) is 6.23. The summed E-state index contributed by atoms with van der Waals surface area (Å²) in [6, 6.07) is 6.94. The van der Waals surface area contributed by atoms with Crippen molar-refractivity contribution >= 4 is 38.5 Å². The Balaban J connectivity index is 1.65. The minimum Gasteiger partial charge on any atom is -0.435 e. The maximum Gasteiger partial charge on any atom is 0.329 e. The highest BCUT2D eigenvalue weighted by Gasteiger charge is 2.57. The summed E-state index contributed by atoms with van der Waals surface area (Å²) in [6.45, 7) is 6.88. The van der Waals surface area contributed by atoms with Gasteiger partial charge in [-0.1, -0.05) is 45.0 Å². The van der Waals surface area contributed by atoms with Crippen LogP contribution in [0.2, 0.25) is 0 Å². The molecule has 4 rings (SSSR count). The first-order chi connectivity index (χ1) is 14.4. The molecule has 2 fully saturated rings. The first-order valence-electron chi connectivity index (χ1n) is 10.3. The molecule has 2 saturated carbocycles. The first-order valence-corrected chi connectivity index (χ1v) is 11.9. The maximum atomic E-state index is 13.0. The summed E-state index contributed by atoms with van der Waals surface area (Å²) in [7, 11) is -4.15. The van der Waals surface area contributed by atoms with Crippen LogP contribution in [0.15, 0.2) is 33.8 Å². The van der Waals surface area contributed by atoms with Gasteiger partial charge in [0.15, 0.2) is 11.4 Å². The molecular weight excluding hydrogens is 420 g/mol. The van der Waals surface area contributed by atoms with Crippen LogP contribution in [0, 0.1) is 22.7 Å². The van der Waals surface area contributed by atoms with Crippen LogP contribution in [0.5, 0.6) is 0 Å². The first kappa shape index (κ1) is 21.7. The molecular formula is C22H26N2O6S. The molecule has 0 N–H and O–H groups in total. The van der Waals surface area contributed by atoms with E-state index in [1.807, 2.05) is 6.92 Å². The molecule has 0 radical (unpaired) electrons. The summed E-state index contributed by atoms with van der Waals surface area (Å²) < 4.78 is 36.2. The zero-order valence-corrected chi connectivity index (χ0v) is 18.9. The van der Waals surface area contributed by atoms with E-state index < -0.39 is 26.7 Å². The lowest BCUT2D eigenvalue weighted by Gasteiger charge is -2.27. The predicted octanol–water partition coefficient (Wildman–Crippen LogP) is 3.50. The molecule has 2 bridgehead atoms. The molecule has 0 amide bonds. The van der Waals surface area contributed by atoms with Crippen LogP contribution >= 0.6 is 0 Å². The molecule has 0 saturated heterocycles. The van der Waals surface area contributed by atoms with Crippen molar-refractivity contribution in [3.8, 4) is 0 Å². The lowest BCUT2D eigenvalue weighted by atomic mass is 9.82. The zero-order valence-electron chi connectivity index (χ0n) is 18.0. The monoisotopic (exact) mass is 446 g/mol. The van der Waals surface area contributed by atoms with Crippen LogP contribution in [0.1, 0.15) is 52.8 Å². The van der Waals surface area contributed by atoms with E-state index in [2.05, 4.69) is 10.1 Å². The van der Waals surface area contributed by atoms with Gasteiger partial charge in [0, 0.05) is 17.8 Å². The summed E-state index contributed by atoms with van der Waals surface area (Å²) in [6.07, 6.45) is 1.95. The number of para-hydroxylation sites is 2. The Morgan fingerprint density at radius 3 is 2.58 bits per heavy atom. The SMILES string of the molecule is CC(C)(C)C(=O)/C(=N\OS(=O)(=O)CC1(C)C2CCC1C(=O)C2)c1nc2ccccc2o1. The minimum absolute atomic E-state index is 0.0278. The fourth-order valence-electron chi connectivity index (χ4n) is 4.79. The van der Waals surface area contributed by atoms with E-state index in [1.165, 1.54) is 0 Å². The molecule has 1 heterocycles. The van der Waals surface area contributed by atoms with Gasteiger partial charge in [0.05, 0.1) is 5.75 Å². The lowest BCUT2D eigenvalue weighted by Crippen LogP contribution is -2.34. The average molecular weight is 447 g/mol. The van der Waals surface area contributed by atoms with E-state index in [1.54, 1.807) is 45.0 Å². The number of Topliss-reactive ketones (excluding diaryl/α,β-unsaturated/α-hetero) is 2. The van der Waals surface area contributed by atoms with Gasteiger partial charge in [0.2, 0.25) is 5.71 Å². The van der Waals surface area contributed by atoms with Gasteiger partial charge in [0.25, 0.3) is 5.89 Å². The largest absolute Gasteiger partial charge is 0.435 e. The van der Waals surface area contributed by atoms with Crippen LogP contribution in [0.25, 0.3) is 11.1 Å². The van der Waals surface area contributed by atoms with Gasteiger partial charge in [-0.25, -0.2) is 4.98 Å². The number of ketones is 2. The Kier molecular flexibility index (Phi) is 5.07. The number of carbonyl (C=O) groups excluding carboxylic acids is 2. The molecule has 3 atom stereocenters. The van der Waals surface area contributed by atoms with Crippen molar-refractivity contribution in [2.75, 3.05) is 5.75 Å². The summed E-state index contributed by atoms with van der Waals surface area (Å²) in [5, 5.41) is 3.73. The van der Waals surface area contributed by atoms with E-state index in [4.69, 9.17) is 8.70 Å². The van der Waals surface area contributed by atoms with Crippen molar-refractivity contribution < 1.29 is 26.7 Å². The number of hydrogen-bond acceptors (Lipinski definition) is 8. The Labute approximate surface area is 181 Å². The Bertz CT molecular complexity index is 1160. The van der Waals surface area contributed by atoms with Gasteiger partial charge in [-0.05, 0) is 36.3 Å². The quantitative estimate of drug-likeness (QED) is 0.492. The summed E-state index contributed by atoms with van der Waals surface area (Å²) in [4.78, 5) is 29.4. The molecule has 166 valence electrons. The predicted molar refractivity (Wildman–Crippen MR) is 114 cm³/mol. The average Bonchev–Trinajstić information content (AvgIpc) is 3.29. The van der Waals surface area contributed by atoms with E-state index in [9.17, 15) is 18.0 Å². The second-order valence-electron chi connectivity index (χ2n) is 9.79. The number of fused-ring (bicyclic) bond motifs is 3. The third kappa shape index (κ3) is 3.91. The number of hydrogen-bond donors (Lipinski definition) is 0. The maximum absolute atomic E-state index is 13.0. The molecule has 2 aliphatic rings. The van der Waals surface area contributed by atoms with Gasteiger partial charge in [-0.3, -0.25) is 13.9 Å². The van der Waals surface area contributed by atoms with Gasteiger partial charge in [0.1, 0.15) is 11.3 Å². The highest BCUT2D eigenvalue weighted by Crippen LogP contribution is 2.56. The van der Waals surface area contributed by atoms with Crippen LogP contribution < -0.4 is 0 Å².